The molecule has 0 amide bonds. The number of alkyl halides is 1. The summed E-state index contributed by atoms with van der Waals surface area (Å²) < 4.78 is 78.3. The van der Waals surface area contributed by atoms with Gasteiger partial charge in [0.25, 0.3) is 0 Å². The maximum absolute atomic E-state index is 15.7. The van der Waals surface area contributed by atoms with Crippen molar-refractivity contribution in [3.05, 3.63) is 77.6 Å². The van der Waals surface area contributed by atoms with E-state index >= 15 is 8.78 Å². The van der Waals surface area contributed by atoms with Crippen LogP contribution in [0.1, 0.15) is 56.0 Å². The van der Waals surface area contributed by atoms with E-state index in [1.54, 1.807) is 12.3 Å². The lowest BCUT2D eigenvalue weighted by Gasteiger charge is -2.39. The minimum Gasteiger partial charge on any atom is -0.459 e. The second kappa shape index (κ2) is 16.2. The summed E-state index contributed by atoms with van der Waals surface area (Å²) >= 11 is 0. The van der Waals surface area contributed by atoms with Crippen LogP contribution in [0.3, 0.4) is 0 Å². The van der Waals surface area contributed by atoms with Gasteiger partial charge < -0.3 is 14.6 Å². The Labute approximate surface area is 325 Å². The standard InChI is InChI=1S/C40H48F3N7O5S/c1-40(2,3)55-35(51)25-47-13-10-26(11-14-47)23-48-16-18-49(19-17-48)30-6-4-27(5-7-30)28-20-31-32(22-45-39(31)44-21-28)38(52)36-33(42)8-9-34(37(36)43)46-56(53,54)50-15-12-29(41)24-50/h4-9,20-22,26,29,46H,10-19,23-25H2,1-3H3,(H,44,45). The van der Waals surface area contributed by atoms with Gasteiger partial charge in [0, 0.05) is 80.4 Å². The van der Waals surface area contributed by atoms with Gasteiger partial charge in [0.15, 0.2) is 5.82 Å². The largest absolute Gasteiger partial charge is 0.459 e. The van der Waals surface area contributed by atoms with Crippen molar-refractivity contribution in [3.8, 4) is 11.1 Å². The van der Waals surface area contributed by atoms with Crippen LogP contribution < -0.4 is 9.62 Å². The van der Waals surface area contributed by atoms with Gasteiger partial charge in [0.1, 0.15) is 23.2 Å². The van der Waals surface area contributed by atoms with E-state index in [9.17, 15) is 22.4 Å². The number of carbonyl (C=O) groups excluding carboxylic acids is 2. The van der Waals surface area contributed by atoms with E-state index in [2.05, 4.69) is 24.7 Å². The molecular formula is C40H48F3N7O5S. The number of halogens is 3. The van der Waals surface area contributed by atoms with Crippen LogP contribution in [-0.4, -0.2) is 121 Å². The number of benzene rings is 2. The summed E-state index contributed by atoms with van der Waals surface area (Å²) in [5.74, 6) is -3.09. The molecule has 3 aliphatic rings. The van der Waals surface area contributed by atoms with Gasteiger partial charge in [0.2, 0.25) is 5.78 Å². The molecule has 7 rings (SSSR count). The number of piperidine rings is 1. The number of esters is 1. The van der Waals surface area contributed by atoms with Crippen LogP contribution in [0, 0.1) is 17.6 Å². The van der Waals surface area contributed by atoms with Crippen molar-refractivity contribution in [1.29, 1.82) is 0 Å². The monoisotopic (exact) mass is 795 g/mol. The summed E-state index contributed by atoms with van der Waals surface area (Å²) in [7, 11) is -4.34. The highest BCUT2D eigenvalue weighted by Gasteiger charge is 2.33. The van der Waals surface area contributed by atoms with Crippen molar-refractivity contribution in [2.45, 2.75) is 51.8 Å². The van der Waals surface area contributed by atoms with E-state index in [4.69, 9.17) is 4.74 Å². The lowest BCUT2D eigenvalue weighted by Crippen LogP contribution is -2.49. The maximum Gasteiger partial charge on any atom is 0.320 e. The molecule has 2 aromatic heterocycles. The molecule has 0 radical (unpaired) electrons. The van der Waals surface area contributed by atoms with E-state index in [-0.39, 0.29) is 31.0 Å². The predicted molar refractivity (Wildman–Crippen MR) is 209 cm³/mol. The molecule has 2 N–H and O–H groups in total. The SMILES string of the molecule is CC(C)(C)OC(=O)CN1CCC(CN2CCN(c3ccc(-c4cnc5[nH]cc(C(=O)c6c(F)ccc(NS(=O)(=O)N7CCC(F)C7)c6F)c5c4)cc3)CC2)CC1. The lowest BCUT2D eigenvalue weighted by atomic mass is 9.96. The Morgan fingerprint density at radius 3 is 2.30 bits per heavy atom. The smallest absolute Gasteiger partial charge is 0.320 e. The molecule has 16 heteroatoms. The van der Waals surface area contributed by atoms with Gasteiger partial charge in [-0.25, -0.2) is 18.2 Å². The van der Waals surface area contributed by atoms with Crippen LogP contribution >= 0.6 is 0 Å². The zero-order chi connectivity index (χ0) is 39.8. The third kappa shape index (κ3) is 9.03. The van der Waals surface area contributed by atoms with Crippen LogP contribution in [0.25, 0.3) is 22.2 Å². The van der Waals surface area contributed by atoms with Crippen LogP contribution in [-0.2, 0) is 19.7 Å². The number of aromatic nitrogens is 2. The molecule has 56 heavy (non-hydrogen) atoms. The summed E-state index contributed by atoms with van der Waals surface area (Å²) in [6, 6.07) is 11.5. The van der Waals surface area contributed by atoms with Crippen molar-refractivity contribution in [1.82, 2.24) is 24.1 Å². The molecule has 1 atom stereocenters. The van der Waals surface area contributed by atoms with E-state index in [1.165, 1.54) is 6.20 Å². The predicted octanol–water partition coefficient (Wildman–Crippen LogP) is 5.62. The first kappa shape index (κ1) is 39.7. The minimum absolute atomic E-state index is 0.0116. The number of aromatic amines is 1. The average Bonchev–Trinajstić information content (AvgIpc) is 3.80. The molecule has 2 aromatic carbocycles. The second-order valence-corrected chi connectivity index (χ2v) is 17.6. The van der Waals surface area contributed by atoms with Crippen LogP contribution in [0.5, 0.6) is 0 Å². The Morgan fingerprint density at radius 2 is 1.64 bits per heavy atom. The number of likely N-dealkylation sites (tertiary alicyclic amines) is 1. The molecule has 3 aliphatic heterocycles. The van der Waals surface area contributed by atoms with Crippen molar-refractivity contribution < 1.29 is 35.9 Å². The number of nitrogens with one attached hydrogen (secondary N) is 2. The molecule has 3 saturated heterocycles. The lowest BCUT2D eigenvalue weighted by molar-refractivity contribution is -0.156. The van der Waals surface area contributed by atoms with Gasteiger partial charge >= 0.3 is 16.2 Å². The molecule has 0 aliphatic carbocycles. The normalized spacial score (nSPS) is 19.5. The van der Waals surface area contributed by atoms with Crippen LogP contribution in [0.2, 0.25) is 0 Å². The fourth-order valence-electron chi connectivity index (χ4n) is 7.73. The van der Waals surface area contributed by atoms with Crippen molar-refractivity contribution in [3.63, 3.8) is 0 Å². The van der Waals surface area contributed by atoms with Crippen LogP contribution in [0.15, 0.2) is 54.9 Å². The zero-order valence-electron chi connectivity index (χ0n) is 31.9. The van der Waals surface area contributed by atoms with Crippen molar-refractivity contribution >= 4 is 44.4 Å². The first-order valence-electron chi connectivity index (χ1n) is 19.1. The number of carbonyl (C=O) groups is 2. The van der Waals surface area contributed by atoms with Gasteiger partial charge in [0.05, 0.1) is 17.8 Å². The number of pyridine rings is 1. The number of anilines is 2. The molecule has 0 bridgehead atoms. The highest BCUT2D eigenvalue weighted by atomic mass is 32.2. The van der Waals surface area contributed by atoms with E-state index in [0.717, 1.165) is 86.3 Å². The molecular weight excluding hydrogens is 748 g/mol. The molecule has 1 unspecified atom stereocenters. The Balaban J connectivity index is 0.965. The average molecular weight is 796 g/mol. The number of rotatable bonds is 11. The molecule has 300 valence electrons. The number of H-pyrrole nitrogens is 1. The fourth-order valence-corrected chi connectivity index (χ4v) is 9.00. The Hall–Kier alpha value is -4.51. The molecule has 0 saturated carbocycles. The number of fused-ring (bicyclic) bond motifs is 1. The highest BCUT2D eigenvalue weighted by Crippen LogP contribution is 2.31. The number of ether oxygens (including phenoxy) is 1. The van der Waals surface area contributed by atoms with Gasteiger partial charge in [-0.3, -0.25) is 24.1 Å². The van der Waals surface area contributed by atoms with Gasteiger partial charge in [-0.15, -0.1) is 0 Å². The van der Waals surface area contributed by atoms with Crippen LogP contribution in [0.4, 0.5) is 24.5 Å². The van der Waals surface area contributed by atoms with Gasteiger partial charge in [-0.2, -0.15) is 12.7 Å². The molecule has 12 nitrogen and oxygen atoms in total. The third-order valence-corrected chi connectivity index (χ3v) is 12.2. The maximum atomic E-state index is 15.7. The van der Waals surface area contributed by atoms with E-state index < -0.39 is 50.7 Å². The fraction of sp³-hybridized carbons (Fsp3) is 0.475. The summed E-state index contributed by atoms with van der Waals surface area (Å²) in [6.45, 7) is 12.1. The molecule has 4 aromatic rings. The molecule has 0 spiro atoms. The first-order chi connectivity index (χ1) is 26.6. The third-order valence-electron chi connectivity index (χ3n) is 10.7. The zero-order valence-corrected chi connectivity index (χ0v) is 32.7. The number of piperazine rings is 1. The number of nitrogens with zero attached hydrogens (tertiary/aromatic N) is 5. The summed E-state index contributed by atoms with van der Waals surface area (Å²) in [5, 5.41) is 0.345. The van der Waals surface area contributed by atoms with E-state index in [0.29, 0.717) is 29.1 Å². The quantitative estimate of drug-likeness (QED) is 0.147. The van der Waals surface area contributed by atoms with Crippen molar-refractivity contribution in [2.24, 2.45) is 5.92 Å². The summed E-state index contributed by atoms with van der Waals surface area (Å²) in [5.41, 5.74) is 0.910. The minimum atomic E-state index is -4.34. The van der Waals surface area contributed by atoms with Gasteiger partial charge in [-0.05, 0) is 94.9 Å². The first-order valence-corrected chi connectivity index (χ1v) is 20.5. The highest BCUT2D eigenvalue weighted by molar-refractivity contribution is 7.90. The second-order valence-electron chi connectivity index (χ2n) is 15.9. The summed E-state index contributed by atoms with van der Waals surface area (Å²) in [6.07, 6.45) is 3.78. The Kier molecular flexibility index (Phi) is 11.5. The summed E-state index contributed by atoms with van der Waals surface area (Å²) in [4.78, 5) is 40.3. The van der Waals surface area contributed by atoms with E-state index in [1.807, 2.05) is 49.8 Å². The number of hydrogen-bond acceptors (Lipinski definition) is 9. The topological polar surface area (TPSA) is 131 Å². The molecule has 5 heterocycles. The number of ketones is 1. The van der Waals surface area contributed by atoms with Gasteiger partial charge in [-0.1, -0.05) is 12.1 Å². The Morgan fingerprint density at radius 1 is 0.929 bits per heavy atom. The number of hydrogen-bond donors (Lipinski definition) is 2. The van der Waals surface area contributed by atoms with Crippen molar-refractivity contribution in [2.75, 3.05) is 75.1 Å². The Bertz CT molecular complexity index is 2180. The molecule has 3 fully saturated rings.